The van der Waals surface area contributed by atoms with Crippen molar-refractivity contribution < 1.29 is 18.3 Å². The van der Waals surface area contributed by atoms with Crippen LogP contribution in [-0.4, -0.2) is 51.3 Å². The number of hydrogen-bond donors (Lipinski definition) is 1. The number of benzene rings is 1. The van der Waals surface area contributed by atoms with Crippen molar-refractivity contribution in [3.05, 3.63) is 45.5 Å². The van der Waals surface area contributed by atoms with Gasteiger partial charge in [0.1, 0.15) is 11.6 Å². The minimum atomic E-state index is -2.76. The second-order valence-electron chi connectivity index (χ2n) is 9.60. The van der Waals surface area contributed by atoms with Crippen LogP contribution in [0, 0.1) is 5.92 Å². The Morgan fingerprint density at radius 1 is 1.29 bits per heavy atom. The van der Waals surface area contributed by atoms with Gasteiger partial charge in [-0.3, -0.25) is 14.4 Å². The summed E-state index contributed by atoms with van der Waals surface area (Å²) in [6.45, 7) is -0.0929. The highest BCUT2D eigenvalue weighted by Gasteiger charge is 2.26. The fraction of sp³-hybridized carbons (Fsp3) is 0.560. The van der Waals surface area contributed by atoms with Crippen molar-refractivity contribution in [3.8, 4) is 0 Å². The van der Waals surface area contributed by atoms with Crippen LogP contribution in [-0.2, 0) is 31.4 Å². The van der Waals surface area contributed by atoms with Crippen LogP contribution < -0.4 is 5.32 Å². The smallest absolute Gasteiger partial charge is 0.345 e. The fourth-order valence-corrected chi connectivity index (χ4v) is 6.26. The number of halogens is 2. The first-order chi connectivity index (χ1) is 16.9. The van der Waals surface area contributed by atoms with E-state index in [9.17, 15) is 13.6 Å². The Bertz CT molecular complexity index is 1170. The van der Waals surface area contributed by atoms with E-state index in [-0.39, 0.29) is 18.6 Å². The Kier molecular flexibility index (Phi) is 7.40. The summed E-state index contributed by atoms with van der Waals surface area (Å²) >= 11 is 1.50. The monoisotopic (exact) mass is 503 g/mol. The molecule has 0 bridgehead atoms. The molecule has 3 aromatic rings. The number of ether oxygens (including phenoxy) is 1. The first kappa shape index (κ1) is 24.3. The van der Waals surface area contributed by atoms with E-state index in [1.54, 1.807) is 4.68 Å². The predicted octanol–water partition coefficient (Wildman–Crippen LogP) is 4.51. The fourth-order valence-electron chi connectivity index (χ4n) is 5.28. The van der Waals surface area contributed by atoms with Crippen molar-refractivity contribution in [2.75, 3.05) is 13.1 Å². The zero-order valence-corrected chi connectivity index (χ0v) is 20.7. The number of aromatic nitrogens is 3. The van der Waals surface area contributed by atoms with Crippen LogP contribution in [0.3, 0.4) is 0 Å². The number of aryl methyl sites for hydroxylation is 1. The van der Waals surface area contributed by atoms with Crippen LogP contribution in [0.1, 0.15) is 58.0 Å². The molecule has 1 aromatic carbocycles. The van der Waals surface area contributed by atoms with E-state index in [2.05, 4.69) is 25.0 Å². The quantitative estimate of drug-likeness (QED) is 0.490. The van der Waals surface area contributed by atoms with Gasteiger partial charge in [0.15, 0.2) is 0 Å². The summed E-state index contributed by atoms with van der Waals surface area (Å²) in [6, 6.07) is 5.89. The lowest BCUT2D eigenvalue weighted by Crippen LogP contribution is -2.38. The molecular formula is C25H31F2N5O2S. The predicted molar refractivity (Wildman–Crippen MR) is 130 cm³/mol. The third-order valence-corrected chi connectivity index (χ3v) is 8.26. The topological polar surface area (TPSA) is 72.3 Å². The van der Waals surface area contributed by atoms with Crippen LogP contribution in [0.25, 0.3) is 10.9 Å². The summed E-state index contributed by atoms with van der Waals surface area (Å²) in [6.07, 6.45) is 8.20. The summed E-state index contributed by atoms with van der Waals surface area (Å²) in [7, 11) is 1.87. The number of nitrogens with zero attached hydrogens (tertiary/aromatic N) is 4. The normalized spacial score (nSPS) is 20.9. The van der Waals surface area contributed by atoms with Crippen LogP contribution in [0.4, 0.5) is 8.78 Å². The lowest BCUT2D eigenvalue weighted by Gasteiger charge is -2.32. The molecule has 0 radical (unpaired) electrons. The molecule has 1 N–H and O–H groups in total. The highest BCUT2D eigenvalue weighted by Crippen LogP contribution is 2.30. The number of amides is 1. The van der Waals surface area contributed by atoms with Gasteiger partial charge in [0, 0.05) is 42.6 Å². The Morgan fingerprint density at radius 3 is 2.91 bits per heavy atom. The Morgan fingerprint density at radius 2 is 2.11 bits per heavy atom. The van der Waals surface area contributed by atoms with Gasteiger partial charge in [-0.25, -0.2) is 4.98 Å². The molecule has 2 aliphatic rings. The molecule has 188 valence electrons. The van der Waals surface area contributed by atoms with Gasteiger partial charge in [0.25, 0.3) is 5.91 Å². The number of rotatable bonds is 8. The van der Waals surface area contributed by atoms with Gasteiger partial charge in [-0.1, -0.05) is 6.07 Å². The number of alkyl halides is 2. The number of nitrogens with one attached hydrogen (secondary N) is 1. The highest BCUT2D eigenvalue weighted by atomic mass is 32.1. The van der Waals surface area contributed by atoms with Gasteiger partial charge < -0.3 is 10.1 Å². The van der Waals surface area contributed by atoms with Crippen LogP contribution >= 0.6 is 11.3 Å². The van der Waals surface area contributed by atoms with Crippen molar-refractivity contribution in [3.63, 3.8) is 0 Å². The van der Waals surface area contributed by atoms with Crippen LogP contribution in [0.2, 0.25) is 0 Å². The molecule has 0 saturated heterocycles. The number of thiazole rings is 1. The van der Waals surface area contributed by atoms with Crippen LogP contribution in [0.5, 0.6) is 0 Å². The SMILES string of the molecule is Cn1cc2c(C(=O)N[C@H]3CC[C@H](CCN4CCc5sc(COC(F)F)nc5C4)CC3)cccc2n1. The maximum atomic E-state index is 12.9. The van der Waals surface area contributed by atoms with Gasteiger partial charge in [-0.2, -0.15) is 13.9 Å². The second-order valence-corrected chi connectivity index (χ2v) is 10.8. The molecule has 1 amide bonds. The Hall–Kier alpha value is -2.43. The Balaban J connectivity index is 1.06. The third-order valence-electron chi connectivity index (χ3n) is 7.13. The molecule has 10 heteroatoms. The second kappa shape index (κ2) is 10.7. The molecule has 1 fully saturated rings. The van der Waals surface area contributed by atoms with E-state index in [1.165, 1.54) is 16.2 Å². The molecule has 0 spiro atoms. The number of hydrogen-bond acceptors (Lipinski definition) is 6. The van der Waals surface area contributed by atoms with Crippen molar-refractivity contribution in [1.29, 1.82) is 0 Å². The van der Waals surface area contributed by atoms with Crippen molar-refractivity contribution in [2.45, 2.75) is 64.3 Å². The summed E-state index contributed by atoms with van der Waals surface area (Å²) in [5.74, 6) is 0.648. The molecule has 35 heavy (non-hydrogen) atoms. The zero-order chi connectivity index (χ0) is 24.4. The minimum absolute atomic E-state index is 0.0160. The summed E-state index contributed by atoms with van der Waals surface area (Å²) < 4.78 is 30.7. The van der Waals surface area contributed by atoms with Gasteiger partial charge in [-0.15, -0.1) is 11.3 Å². The van der Waals surface area contributed by atoms with E-state index >= 15 is 0 Å². The van der Waals surface area contributed by atoms with E-state index in [0.717, 1.165) is 74.8 Å². The lowest BCUT2D eigenvalue weighted by molar-refractivity contribution is -0.137. The summed E-state index contributed by atoms with van der Waals surface area (Å²) in [5, 5.41) is 9.16. The number of carbonyl (C=O) groups is 1. The molecule has 0 atom stereocenters. The van der Waals surface area contributed by atoms with Crippen molar-refractivity contribution >= 4 is 28.1 Å². The maximum absolute atomic E-state index is 12.9. The highest BCUT2D eigenvalue weighted by molar-refractivity contribution is 7.11. The molecule has 1 aliphatic heterocycles. The van der Waals surface area contributed by atoms with E-state index < -0.39 is 6.61 Å². The molecular weight excluding hydrogens is 472 g/mol. The van der Waals surface area contributed by atoms with Crippen LogP contribution in [0.15, 0.2) is 24.4 Å². The standard InChI is InChI=1S/C25H31F2N5O2S/c1-31-13-19-18(3-2-4-20(19)30-31)24(33)28-17-7-5-16(6-8-17)9-11-32-12-10-22-21(14-32)29-23(35-22)15-34-25(26)27/h2-4,13,16-17,25H,5-12,14-15H2,1H3,(H,28,33)/t16-,17-. The average Bonchev–Trinajstić information content (AvgIpc) is 3.43. The van der Waals surface area contributed by atoms with E-state index in [1.807, 2.05) is 31.4 Å². The van der Waals surface area contributed by atoms with Gasteiger partial charge in [0.2, 0.25) is 0 Å². The van der Waals surface area contributed by atoms with Gasteiger partial charge in [0.05, 0.1) is 16.8 Å². The zero-order valence-electron chi connectivity index (χ0n) is 19.9. The minimum Gasteiger partial charge on any atom is -0.349 e. The molecule has 0 unspecified atom stereocenters. The average molecular weight is 504 g/mol. The Labute approximate surface area is 207 Å². The van der Waals surface area contributed by atoms with E-state index in [4.69, 9.17) is 0 Å². The van der Waals surface area contributed by atoms with Crippen molar-refractivity contribution in [2.24, 2.45) is 13.0 Å². The molecule has 1 aliphatic carbocycles. The van der Waals surface area contributed by atoms with E-state index in [0.29, 0.717) is 16.5 Å². The van der Waals surface area contributed by atoms with Gasteiger partial charge in [-0.05, 0) is 63.1 Å². The number of fused-ring (bicyclic) bond motifs is 2. The van der Waals surface area contributed by atoms with Crippen molar-refractivity contribution in [1.82, 2.24) is 25.0 Å². The third kappa shape index (κ3) is 5.87. The largest absolute Gasteiger partial charge is 0.349 e. The first-order valence-electron chi connectivity index (χ1n) is 12.3. The molecule has 2 aromatic heterocycles. The maximum Gasteiger partial charge on any atom is 0.345 e. The molecule has 7 nitrogen and oxygen atoms in total. The number of carbonyl (C=O) groups excluding carboxylic acids is 1. The molecule has 1 saturated carbocycles. The molecule has 3 heterocycles. The summed E-state index contributed by atoms with van der Waals surface area (Å²) in [4.78, 5) is 21.1. The van der Waals surface area contributed by atoms with Gasteiger partial charge >= 0.3 is 6.61 Å². The first-order valence-corrected chi connectivity index (χ1v) is 13.1. The lowest BCUT2D eigenvalue weighted by atomic mass is 9.84. The molecule has 5 rings (SSSR count). The summed E-state index contributed by atoms with van der Waals surface area (Å²) in [5.41, 5.74) is 2.54.